The topological polar surface area (TPSA) is 58.1 Å². The van der Waals surface area contributed by atoms with Crippen LogP contribution in [0.4, 0.5) is 5.69 Å². The van der Waals surface area contributed by atoms with Gasteiger partial charge in [0.15, 0.2) is 10.3 Å². The zero-order valence-corrected chi connectivity index (χ0v) is 11.7. The molecular weight excluding hydrogens is 275 g/mol. The Bertz CT molecular complexity index is 482. The molecule has 1 aliphatic heterocycles. The Morgan fingerprint density at radius 2 is 2.22 bits per heavy atom. The maximum Gasteiger partial charge on any atom is 0.227 e. The van der Waals surface area contributed by atoms with Crippen molar-refractivity contribution in [1.82, 2.24) is 15.5 Å². The Hall–Kier alpha value is -1.07. The highest BCUT2D eigenvalue weighted by molar-refractivity contribution is 6.33. The third kappa shape index (κ3) is 2.37. The second-order valence-corrected chi connectivity index (χ2v) is 5.40. The number of nitrogens with zero attached hydrogens (tertiary/aromatic N) is 3. The van der Waals surface area contributed by atoms with E-state index < -0.39 is 5.41 Å². The Kier molecular flexibility index (Phi) is 3.64. The van der Waals surface area contributed by atoms with Crippen molar-refractivity contribution in [3.63, 3.8) is 0 Å². The molecule has 0 aromatic carbocycles. The number of anilines is 1. The van der Waals surface area contributed by atoms with Gasteiger partial charge < -0.3 is 10.2 Å². The van der Waals surface area contributed by atoms with E-state index in [-0.39, 0.29) is 5.91 Å². The van der Waals surface area contributed by atoms with Crippen LogP contribution in [-0.2, 0) is 4.79 Å². The third-order valence-corrected chi connectivity index (χ3v) is 3.74. The maximum atomic E-state index is 11.8. The molecule has 1 saturated heterocycles. The van der Waals surface area contributed by atoms with Crippen LogP contribution in [0.3, 0.4) is 0 Å². The van der Waals surface area contributed by atoms with Crippen molar-refractivity contribution in [2.45, 2.75) is 13.3 Å². The molecule has 1 aromatic heterocycles. The van der Waals surface area contributed by atoms with E-state index >= 15 is 0 Å². The predicted molar refractivity (Wildman–Crippen MR) is 71.1 cm³/mol. The fourth-order valence-electron chi connectivity index (χ4n) is 2.22. The highest BCUT2D eigenvalue weighted by Gasteiger charge is 2.40. The van der Waals surface area contributed by atoms with Crippen molar-refractivity contribution in [2.24, 2.45) is 5.41 Å². The van der Waals surface area contributed by atoms with Crippen LogP contribution in [-0.4, -0.2) is 36.2 Å². The van der Waals surface area contributed by atoms with E-state index in [9.17, 15) is 4.79 Å². The van der Waals surface area contributed by atoms with E-state index in [1.807, 2.05) is 11.8 Å². The lowest BCUT2D eigenvalue weighted by Crippen LogP contribution is -2.39. The summed E-state index contributed by atoms with van der Waals surface area (Å²) in [6.45, 7) is 3.27. The normalized spacial score (nSPS) is 23.2. The molecule has 1 unspecified atom stereocenters. The van der Waals surface area contributed by atoms with Crippen molar-refractivity contribution >= 4 is 34.8 Å². The van der Waals surface area contributed by atoms with Crippen LogP contribution in [0.2, 0.25) is 10.3 Å². The van der Waals surface area contributed by atoms with E-state index in [2.05, 4.69) is 15.5 Å². The highest BCUT2D eigenvalue weighted by atomic mass is 35.5. The zero-order chi connectivity index (χ0) is 13.3. The molecule has 2 rings (SSSR count). The lowest BCUT2D eigenvalue weighted by molar-refractivity contribution is -0.128. The molecule has 0 bridgehead atoms. The molecule has 1 aromatic rings. The SMILES string of the molecule is CNC(=O)C1(C)CCN(c2cc(Cl)nnc2Cl)C1. The van der Waals surface area contributed by atoms with Crippen molar-refractivity contribution in [3.8, 4) is 0 Å². The highest BCUT2D eigenvalue weighted by Crippen LogP contribution is 2.36. The minimum atomic E-state index is -0.409. The lowest BCUT2D eigenvalue weighted by atomic mass is 9.89. The Morgan fingerprint density at radius 3 is 2.89 bits per heavy atom. The van der Waals surface area contributed by atoms with Crippen LogP contribution in [0, 0.1) is 5.41 Å². The first-order valence-corrected chi connectivity index (χ1v) is 6.38. The first kappa shape index (κ1) is 13.4. The number of carbonyl (C=O) groups excluding carboxylic acids is 1. The van der Waals surface area contributed by atoms with E-state index in [0.29, 0.717) is 16.9 Å². The molecule has 1 atom stereocenters. The molecule has 1 fully saturated rings. The Morgan fingerprint density at radius 1 is 1.50 bits per heavy atom. The van der Waals surface area contributed by atoms with Crippen LogP contribution >= 0.6 is 23.2 Å². The number of halogens is 2. The number of carbonyl (C=O) groups is 1. The van der Waals surface area contributed by atoms with Crippen molar-refractivity contribution in [1.29, 1.82) is 0 Å². The van der Waals surface area contributed by atoms with Crippen molar-refractivity contribution in [3.05, 3.63) is 16.4 Å². The maximum absolute atomic E-state index is 11.8. The molecule has 7 heteroatoms. The number of hydrogen-bond donors (Lipinski definition) is 1. The molecule has 2 heterocycles. The average Bonchev–Trinajstić information content (AvgIpc) is 2.75. The van der Waals surface area contributed by atoms with Crippen LogP contribution in [0.25, 0.3) is 0 Å². The lowest BCUT2D eigenvalue weighted by Gasteiger charge is -2.24. The summed E-state index contributed by atoms with van der Waals surface area (Å²) in [5.41, 5.74) is 0.317. The molecular formula is C11H14Cl2N4O. The Balaban J connectivity index is 2.23. The van der Waals surface area contributed by atoms with Gasteiger partial charge in [-0.2, -0.15) is 0 Å². The molecule has 0 spiro atoms. The largest absolute Gasteiger partial charge is 0.368 e. The summed E-state index contributed by atoms with van der Waals surface area (Å²) >= 11 is 11.8. The van der Waals surface area contributed by atoms with Gasteiger partial charge in [-0.25, -0.2) is 0 Å². The van der Waals surface area contributed by atoms with Crippen LogP contribution in [0.1, 0.15) is 13.3 Å². The van der Waals surface area contributed by atoms with Crippen LogP contribution < -0.4 is 10.2 Å². The molecule has 1 aliphatic rings. The van der Waals surface area contributed by atoms with Gasteiger partial charge in [0.05, 0.1) is 11.1 Å². The molecule has 1 amide bonds. The first-order chi connectivity index (χ1) is 8.46. The summed E-state index contributed by atoms with van der Waals surface area (Å²) in [5, 5.41) is 10.7. The second kappa shape index (κ2) is 4.90. The molecule has 0 radical (unpaired) electrons. The minimum Gasteiger partial charge on any atom is -0.368 e. The second-order valence-electron chi connectivity index (χ2n) is 4.65. The van der Waals surface area contributed by atoms with Crippen LogP contribution in [0.5, 0.6) is 0 Å². The standard InChI is InChI=1S/C11H14Cl2N4O/c1-11(10(18)14-2)3-4-17(6-11)7-5-8(12)15-16-9(7)13/h5H,3-4,6H2,1-2H3,(H,14,18). The number of rotatable bonds is 2. The van der Waals surface area contributed by atoms with Gasteiger partial charge in [0, 0.05) is 26.2 Å². The van der Waals surface area contributed by atoms with E-state index in [4.69, 9.17) is 23.2 Å². The van der Waals surface area contributed by atoms with Crippen molar-refractivity contribution < 1.29 is 4.79 Å². The van der Waals surface area contributed by atoms with Gasteiger partial charge in [-0.15, -0.1) is 10.2 Å². The fraction of sp³-hybridized carbons (Fsp3) is 0.545. The molecule has 5 nitrogen and oxygen atoms in total. The van der Waals surface area contributed by atoms with Gasteiger partial charge in [0.25, 0.3) is 0 Å². The number of amides is 1. The Labute approximate surface area is 115 Å². The van der Waals surface area contributed by atoms with Gasteiger partial charge >= 0.3 is 0 Å². The van der Waals surface area contributed by atoms with Gasteiger partial charge in [-0.05, 0) is 13.3 Å². The van der Waals surface area contributed by atoms with E-state index in [0.717, 1.165) is 18.7 Å². The molecule has 1 N–H and O–H groups in total. The average molecular weight is 289 g/mol. The monoisotopic (exact) mass is 288 g/mol. The summed E-state index contributed by atoms with van der Waals surface area (Å²) in [4.78, 5) is 13.9. The minimum absolute atomic E-state index is 0.0363. The third-order valence-electron chi connectivity index (χ3n) is 3.29. The molecule has 98 valence electrons. The van der Waals surface area contributed by atoms with Gasteiger partial charge in [0.1, 0.15) is 0 Å². The number of aromatic nitrogens is 2. The van der Waals surface area contributed by atoms with Crippen LogP contribution in [0.15, 0.2) is 6.07 Å². The fourth-order valence-corrected chi connectivity index (χ4v) is 2.57. The number of nitrogens with one attached hydrogen (secondary N) is 1. The molecule has 0 aliphatic carbocycles. The summed E-state index contributed by atoms with van der Waals surface area (Å²) in [7, 11) is 1.65. The first-order valence-electron chi connectivity index (χ1n) is 5.62. The smallest absolute Gasteiger partial charge is 0.227 e. The van der Waals surface area contributed by atoms with Gasteiger partial charge in [-0.1, -0.05) is 23.2 Å². The van der Waals surface area contributed by atoms with E-state index in [1.54, 1.807) is 13.1 Å². The molecule has 0 saturated carbocycles. The van der Waals surface area contributed by atoms with E-state index in [1.165, 1.54) is 0 Å². The quantitative estimate of drug-likeness (QED) is 0.901. The number of hydrogen-bond acceptors (Lipinski definition) is 4. The summed E-state index contributed by atoms with van der Waals surface area (Å²) < 4.78 is 0. The zero-order valence-electron chi connectivity index (χ0n) is 10.2. The van der Waals surface area contributed by atoms with Gasteiger partial charge in [-0.3, -0.25) is 4.79 Å². The predicted octanol–water partition coefficient (Wildman–Crippen LogP) is 1.75. The summed E-state index contributed by atoms with van der Waals surface area (Å²) in [6.07, 6.45) is 0.767. The summed E-state index contributed by atoms with van der Waals surface area (Å²) in [5.74, 6) is 0.0363. The summed E-state index contributed by atoms with van der Waals surface area (Å²) in [6, 6.07) is 1.67. The van der Waals surface area contributed by atoms with Gasteiger partial charge in [0.2, 0.25) is 5.91 Å². The molecule has 18 heavy (non-hydrogen) atoms. The van der Waals surface area contributed by atoms with Crippen molar-refractivity contribution in [2.75, 3.05) is 25.0 Å².